The average molecular weight is 249 g/mol. The number of carbonyl (C=O) groups is 1. The normalized spacial score (nSPS) is 12.3. The highest BCUT2D eigenvalue weighted by molar-refractivity contribution is 5.94. The largest absolute Gasteiger partial charge is 0.494 e. The maximum atomic E-state index is 12.0. The molecule has 18 heavy (non-hydrogen) atoms. The third kappa shape index (κ3) is 4.78. The number of nitrogens with one attached hydrogen (secondary N) is 1. The molecule has 0 spiro atoms. The van der Waals surface area contributed by atoms with Gasteiger partial charge in [-0.15, -0.1) is 0 Å². The van der Waals surface area contributed by atoms with E-state index in [0.717, 1.165) is 12.2 Å². The predicted octanol–water partition coefficient (Wildman–Crippen LogP) is 3.25. The lowest BCUT2D eigenvalue weighted by Gasteiger charge is -2.16. The van der Waals surface area contributed by atoms with Gasteiger partial charge in [-0.05, 0) is 44.4 Å². The van der Waals surface area contributed by atoms with Gasteiger partial charge in [-0.3, -0.25) is 4.79 Å². The fraction of sp³-hybridized carbons (Fsp3) is 0.533. The van der Waals surface area contributed by atoms with Crippen LogP contribution in [0.5, 0.6) is 5.75 Å². The van der Waals surface area contributed by atoms with E-state index in [2.05, 4.69) is 19.2 Å². The Hall–Kier alpha value is -1.51. The molecule has 1 amide bonds. The third-order valence-electron chi connectivity index (χ3n) is 2.61. The minimum absolute atomic E-state index is 0.0373. The van der Waals surface area contributed by atoms with E-state index >= 15 is 0 Å². The van der Waals surface area contributed by atoms with Gasteiger partial charge >= 0.3 is 0 Å². The number of ether oxygens (including phenoxy) is 1. The molecule has 1 rings (SSSR count). The summed E-state index contributed by atoms with van der Waals surface area (Å²) in [6, 6.07) is 7.47. The highest BCUT2D eigenvalue weighted by atomic mass is 16.5. The standard InChI is InChI=1S/C15H23NO2/c1-5-18-14-8-6-7-13(10-14)15(17)16-12(4)9-11(2)3/h6-8,10-12H,5,9H2,1-4H3,(H,16,17). The van der Waals surface area contributed by atoms with E-state index in [-0.39, 0.29) is 11.9 Å². The minimum Gasteiger partial charge on any atom is -0.494 e. The molecule has 0 aliphatic carbocycles. The van der Waals surface area contributed by atoms with Crippen LogP contribution in [-0.2, 0) is 0 Å². The first kappa shape index (κ1) is 14.6. The van der Waals surface area contributed by atoms with Crippen molar-refractivity contribution in [3.05, 3.63) is 29.8 Å². The summed E-state index contributed by atoms with van der Waals surface area (Å²) in [5.41, 5.74) is 0.650. The van der Waals surface area contributed by atoms with Crippen LogP contribution in [0.2, 0.25) is 0 Å². The second-order valence-corrected chi connectivity index (χ2v) is 4.96. The van der Waals surface area contributed by atoms with Crippen LogP contribution in [0.1, 0.15) is 44.5 Å². The molecule has 0 bridgehead atoms. The Labute approximate surface area is 110 Å². The highest BCUT2D eigenvalue weighted by Gasteiger charge is 2.11. The van der Waals surface area contributed by atoms with Crippen LogP contribution in [0.15, 0.2) is 24.3 Å². The predicted molar refractivity (Wildman–Crippen MR) is 74.0 cm³/mol. The van der Waals surface area contributed by atoms with Crippen molar-refractivity contribution in [3.63, 3.8) is 0 Å². The molecule has 0 saturated carbocycles. The van der Waals surface area contributed by atoms with Gasteiger partial charge in [-0.1, -0.05) is 19.9 Å². The van der Waals surface area contributed by atoms with Gasteiger partial charge in [0.05, 0.1) is 6.61 Å². The van der Waals surface area contributed by atoms with E-state index in [4.69, 9.17) is 4.74 Å². The number of hydrogen-bond donors (Lipinski definition) is 1. The molecule has 1 unspecified atom stereocenters. The Kier molecular flexibility index (Phi) is 5.69. The first-order valence-electron chi connectivity index (χ1n) is 6.56. The van der Waals surface area contributed by atoms with E-state index in [1.807, 2.05) is 26.0 Å². The summed E-state index contributed by atoms with van der Waals surface area (Å²) < 4.78 is 5.39. The quantitative estimate of drug-likeness (QED) is 0.840. The number of rotatable bonds is 6. The summed E-state index contributed by atoms with van der Waals surface area (Å²) >= 11 is 0. The lowest BCUT2D eigenvalue weighted by Crippen LogP contribution is -2.33. The lowest BCUT2D eigenvalue weighted by atomic mass is 10.0. The van der Waals surface area contributed by atoms with E-state index in [1.165, 1.54) is 0 Å². The first-order valence-corrected chi connectivity index (χ1v) is 6.56. The smallest absolute Gasteiger partial charge is 0.251 e. The molecule has 0 heterocycles. The van der Waals surface area contributed by atoms with Crippen LogP contribution < -0.4 is 10.1 Å². The fourth-order valence-corrected chi connectivity index (χ4v) is 1.97. The SMILES string of the molecule is CCOc1cccc(C(=O)NC(C)CC(C)C)c1. The van der Waals surface area contributed by atoms with Crippen molar-refractivity contribution in [2.24, 2.45) is 5.92 Å². The summed E-state index contributed by atoms with van der Waals surface area (Å²) in [5.74, 6) is 1.28. The summed E-state index contributed by atoms with van der Waals surface area (Å²) in [6.07, 6.45) is 0.983. The van der Waals surface area contributed by atoms with Gasteiger partial charge in [-0.25, -0.2) is 0 Å². The van der Waals surface area contributed by atoms with Crippen LogP contribution in [0.3, 0.4) is 0 Å². The van der Waals surface area contributed by atoms with Crippen LogP contribution in [0, 0.1) is 5.92 Å². The fourth-order valence-electron chi connectivity index (χ4n) is 1.97. The number of benzene rings is 1. The Balaban J connectivity index is 2.63. The minimum atomic E-state index is -0.0373. The zero-order chi connectivity index (χ0) is 13.5. The second-order valence-electron chi connectivity index (χ2n) is 4.96. The molecule has 100 valence electrons. The molecule has 0 radical (unpaired) electrons. The van der Waals surface area contributed by atoms with Crippen molar-refractivity contribution >= 4 is 5.91 Å². The molecule has 1 aromatic rings. The molecule has 1 atom stereocenters. The van der Waals surface area contributed by atoms with E-state index in [0.29, 0.717) is 18.1 Å². The molecule has 0 aromatic heterocycles. The van der Waals surface area contributed by atoms with E-state index in [9.17, 15) is 4.79 Å². The molecule has 0 fully saturated rings. The van der Waals surface area contributed by atoms with Crippen LogP contribution in [0.4, 0.5) is 0 Å². The molecule has 0 saturated heterocycles. The Morgan fingerprint density at radius 3 is 2.67 bits per heavy atom. The van der Waals surface area contributed by atoms with Crippen molar-refractivity contribution in [1.29, 1.82) is 0 Å². The monoisotopic (exact) mass is 249 g/mol. The van der Waals surface area contributed by atoms with Crippen molar-refractivity contribution < 1.29 is 9.53 Å². The average Bonchev–Trinajstić information content (AvgIpc) is 2.28. The van der Waals surface area contributed by atoms with Gasteiger partial charge in [0.2, 0.25) is 0 Å². The van der Waals surface area contributed by atoms with Crippen LogP contribution in [-0.4, -0.2) is 18.6 Å². The van der Waals surface area contributed by atoms with Gasteiger partial charge in [0.1, 0.15) is 5.75 Å². The lowest BCUT2D eigenvalue weighted by molar-refractivity contribution is 0.0935. The van der Waals surface area contributed by atoms with Gasteiger partial charge in [0.25, 0.3) is 5.91 Å². The van der Waals surface area contributed by atoms with Crippen molar-refractivity contribution in [3.8, 4) is 5.75 Å². The van der Waals surface area contributed by atoms with Gasteiger partial charge in [0, 0.05) is 11.6 Å². The summed E-state index contributed by atoms with van der Waals surface area (Å²) in [5, 5.41) is 3.00. The molecular weight excluding hydrogens is 226 g/mol. The number of amides is 1. The van der Waals surface area contributed by atoms with Crippen LogP contribution in [0.25, 0.3) is 0 Å². The molecular formula is C15H23NO2. The summed E-state index contributed by atoms with van der Waals surface area (Å²) in [4.78, 5) is 12.0. The molecule has 1 N–H and O–H groups in total. The Morgan fingerprint density at radius 1 is 1.33 bits per heavy atom. The van der Waals surface area contributed by atoms with E-state index < -0.39 is 0 Å². The van der Waals surface area contributed by atoms with Crippen LogP contribution >= 0.6 is 0 Å². The Bertz CT molecular complexity index is 388. The first-order chi connectivity index (χ1) is 8.52. The Morgan fingerprint density at radius 2 is 2.06 bits per heavy atom. The topological polar surface area (TPSA) is 38.3 Å². The summed E-state index contributed by atoms with van der Waals surface area (Å²) in [7, 11) is 0. The van der Waals surface area contributed by atoms with E-state index in [1.54, 1.807) is 12.1 Å². The maximum absolute atomic E-state index is 12.0. The maximum Gasteiger partial charge on any atom is 0.251 e. The molecule has 3 heteroatoms. The van der Waals surface area contributed by atoms with Gasteiger partial charge in [0.15, 0.2) is 0 Å². The zero-order valence-corrected chi connectivity index (χ0v) is 11.7. The number of hydrogen-bond acceptors (Lipinski definition) is 2. The molecule has 1 aromatic carbocycles. The molecule has 3 nitrogen and oxygen atoms in total. The van der Waals surface area contributed by atoms with Gasteiger partial charge < -0.3 is 10.1 Å². The molecule has 0 aliphatic rings. The number of carbonyl (C=O) groups excluding carboxylic acids is 1. The van der Waals surface area contributed by atoms with Crippen molar-refractivity contribution in [1.82, 2.24) is 5.32 Å². The zero-order valence-electron chi connectivity index (χ0n) is 11.7. The van der Waals surface area contributed by atoms with Gasteiger partial charge in [-0.2, -0.15) is 0 Å². The highest BCUT2D eigenvalue weighted by Crippen LogP contribution is 2.13. The van der Waals surface area contributed by atoms with Crippen molar-refractivity contribution in [2.45, 2.75) is 40.2 Å². The summed E-state index contributed by atoms with van der Waals surface area (Å²) in [6.45, 7) is 8.87. The third-order valence-corrected chi connectivity index (χ3v) is 2.61. The molecule has 0 aliphatic heterocycles. The second kappa shape index (κ2) is 7.04. The van der Waals surface area contributed by atoms with Crippen molar-refractivity contribution in [2.75, 3.05) is 6.61 Å².